The Labute approximate surface area is 106 Å². The van der Waals surface area contributed by atoms with Gasteiger partial charge in [0, 0.05) is 30.7 Å². The molecular formula is C10H17N3O2S2. The third-order valence-electron chi connectivity index (χ3n) is 2.78. The molecule has 1 saturated heterocycles. The molecule has 1 aliphatic rings. The van der Waals surface area contributed by atoms with Crippen LogP contribution in [-0.2, 0) is 16.4 Å². The smallest absolute Gasteiger partial charge is 0.180 e. The zero-order chi connectivity index (χ0) is 12.5. The molecular weight excluding hydrogens is 258 g/mol. The fourth-order valence-electron chi connectivity index (χ4n) is 2.13. The standard InChI is InChI=1S/C10H17N3O2S2/c1-8-5-13(2-3-17(14,15)7-8)6-9-4-12-10(11)16-9/h4,8H,2-3,5-7H2,1H3,(H2,11,12). The van der Waals surface area contributed by atoms with Gasteiger partial charge in [-0.2, -0.15) is 0 Å². The van der Waals surface area contributed by atoms with Crippen molar-refractivity contribution in [3.05, 3.63) is 11.1 Å². The number of hydrogen-bond donors (Lipinski definition) is 1. The average Bonchev–Trinajstić information content (AvgIpc) is 2.53. The molecule has 1 aliphatic heterocycles. The number of thiazole rings is 1. The molecule has 1 aromatic rings. The van der Waals surface area contributed by atoms with Crippen molar-refractivity contribution < 1.29 is 8.42 Å². The summed E-state index contributed by atoms with van der Waals surface area (Å²) in [5.74, 6) is 0.743. The van der Waals surface area contributed by atoms with Crippen molar-refractivity contribution in [1.29, 1.82) is 0 Å². The third-order valence-corrected chi connectivity index (χ3v) is 5.47. The van der Waals surface area contributed by atoms with Gasteiger partial charge in [-0.1, -0.05) is 6.92 Å². The molecule has 1 atom stereocenters. The van der Waals surface area contributed by atoms with E-state index >= 15 is 0 Å². The summed E-state index contributed by atoms with van der Waals surface area (Å²) in [5.41, 5.74) is 5.58. The van der Waals surface area contributed by atoms with Crippen LogP contribution < -0.4 is 5.73 Å². The molecule has 1 aromatic heterocycles. The first kappa shape index (κ1) is 12.8. The number of nitrogen functional groups attached to an aromatic ring is 1. The molecule has 0 spiro atoms. The molecule has 2 heterocycles. The lowest BCUT2D eigenvalue weighted by molar-refractivity contribution is 0.259. The molecule has 2 N–H and O–H groups in total. The van der Waals surface area contributed by atoms with Crippen LogP contribution in [0.1, 0.15) is 11.8 Å². The Bertz CT molecular complexity index is 483. The normalized spacial score (nSPS) is 25.6. The predicted octanol–water partition coefficient (Wildman–Crippen LogP) is 0.592. The summed E-state index contributed by atoms with van der Waals surface area (Å²) < 4.78 is 23.3. The van der Waals surface area contributed by atoms with Crippen molar-refractivity contribution in [3.63, 3.8) is 0 Å². The average molecular weight is 275 g/mol. The zero-order valence-corrected chi connectivity index (χ0v) is 11.4. The minimum Gasteiger partial charge on any atom is -0.375 e. The van der Waals surface area contributed by atoms with Gasteiger partial charge in [0.1, 0.15) is 0 Å². The van der Waals surface area contributed by atoms with E-state index in [4.69, 9.17) is 5.73 Å². The molecule has 7 heteroatoms. The van der Waals surface area contributed by atoms with E-state index in [2.05, 4.69) is 9.88 Å². The van der Waals surface area contributed by atoms with E-state index in [1.165, 1.54) is 11.3 Å². The Morgan fingerprint density at radius 1 is 1.65 bits per heavy atom. The van der Waals surface area contributed by atoms with E-state index in [0.717, 1.165) is 18.0 Å². The number of rotatable bonds is 2. The van der Waals surface area contributed by atoms with Gasteiger partial charge in [-0.25, -0.2) is 13.4 Å². The fourth-order valence-corrected chi connectivity index (χ4v) is 4.53. The lowest BCUT2D eigenvalue weighted by Crippen LogP contribution is -2.28. The Hall–Kier alpha value is -0.660. The van der Waals surface area contributed by atoms with Crippen LogP contribution >= 0.6 is 11.3 Å². The molecule has 0 amide bonds. The first-order chi connectivity index (χ1) is 7.94. The molecule has 96 valence electrons. The maximum atomic E-state index is 11.6. The van der Waals surface area contributed by atoms with Gasteiger partial charge in [0.25, 0.3) is 0 Å². The van der Waals surface area contributed by atoms with Gasteiger partial charge in [0.05, 0.1) is 11.5 Å². The summed E-state index contributed by atoms with van der Waals surface area (Å²) in [4.78, 5) is 7.27. The molecule has 1 fully saturated rings. The molecule has 1 unspecified atom stereocenters. The van der Waals surface area contributed by atoms with Crippen molar-refractivity contribution in [1.82, 2.24) is 9.88 Å². The van der Waals surface area contributed by atoms with Crippen molar-refractivity contribution in [3.8, 4) is 0 Å². The van der Waals surface area contributed by atoms with Crippen LogP contribution in [0.4, 0.5) is 5.13 Å². The molecule has 0 bridgehead atoms. The van der Waals surface area contributed by atoms with Crippen molar-refractivity contribution >= 4 is 26.3 Å². The maximum absolute atomic E-state index is 11.6. The van der Waals surface area contributed by atoms with E-state index in [0.29, 0.717) is 17.4 Å². The van der Waals surface area contributed by atoms with E-state index in [1.807, 2.05) is 6.92 Å². The van der Waals surface area contributed by atoms with Crippen LogP contribution in [0.5, 0.6) is 0 Å². The van der Waals surface area contributed by atoms with Gasteiger partial charge in [-0.3, -0.25) is 4.90 Å². The van der Waals surface area contributed by atoms with Crippen LogP contribution in [0.3, 0.4) is 0 Å². The minimum atomic E-state index is -2.87. The SMILES string of the molecule is CC1CN(Cc2cnc(N)s2)CCS(=O)(=O)C1. The summed E-state index contributed by atoms with van der Waals surface area (Å²) >= 11 is 1.46. The highest BCUT2D eigenvalue weighted by Gasteiger charge is 2.24. The van der Waals surface area contributed by atoms with E-state index < -0.39 is 9.84 Å². The summed E-state index contributed by atoms with van der Waals surface area (Å²) in [7, 11) is -2.87. The molecule has 17 heavy (non-hydrogen) atoms. The quantitative estimate of drug-likeness (QED) is 0.855. The highest BCUT2D eigenvalue weighted by Crippen LogP contribution is 2.19. The number of nitrogens with two attached hydrogens (primary N) is 1. The Morgan fingerprint density at radius 3 is 3.06 bits per heavy atom. The topological polar surface area (TPSA) is 76.3 Å². The summed E-state index contributed by atoms with van der Waals surface area (Å²) in [6.07, 6.45) is 1.77. The van der Waals surface area contributed by atoms with E-state index in [1.54, 1.807) is 6.20 Å². The number of nitrogens with zero attached hydrogens (tertiary/aromatic N) is 2. The van der Waals surface area contributed by atoms with Crippen LogP contribution in [-0.4, -0.2) is 42.9 Å². The van der Waals surface area contributed by atoms with Crippen molar-refractivity contribution in [2.45, 2.75) is 13.5 Å². The number of anilines is 1. The van der Waals surface area contributed by atoms with Crippen LogP contribution in [0.2, 0.25) is 0 Å². The zero-order valence-electron chi connectivity index (χ0n) is 9.80. The van der Waals surface area contributed by atoms with Crippen LogP contribution in [0.15, 0.2) is 6.20 Å². The molecule has 2 rings (SSSR count). The van der Waals surface area contributed by atoms with Crippen molar-refractivity contribution in [2.75, 3.05) is 30.3 Å². The lowest BCUT2D eigenvalue weighted by Gasteiger charge is -2.20. The Balaban J connectivity index is 2.02. The monoisotopic (exact) mass is 275 g/mol. The highest BCUT2D eigenvalue weighted by molar-refractivity contribution is 7.91. The lowest BCUT2D eigenvalue weighted by atomic mass is 10.2. The first-order valence-corrected chi connectivity index (χ1v) is 8.21. The van der Waals surface area contributed by atoms with Crippen LogP contribution in [0, 0.1) is 5.92 Å². The number of aromatic nitrogens is 1. The van der Waals surface area contributed by atoms with Crippen LogP contribution in [0.25, 0.3) is 0 Å². The molecule has 0 aromatic carbocycles. The van der Waals surface area contributed by atoms with E-state index in [-0.39, 0.29) is 11.7 Å². The van der Waals surface area contributed by atoms with Crippen molar-refractivity contribution in [2.24, 2.45) is 5.92 Å². The highest BCUT2D eigenvalue weighted by atomic mass is 32.2. The summed E-state index contributed by atoms with van der Waals surface area (Å²) in [5, 5.41) is 0.565. The third kappa shape index (κ3) is 3.65. The maximum Gasteiger partial charge on any atom is 0.180 e. The number of sulfone groups is 1. The largest absolute Gasteiger partial charge is 0.375 e. The second kappa shape index (κ2) is 4.91. The second-order valence-electron chi connectivity index (χ2n) is 4.62. The van der Waals surface area contributed by atoms with Gasteiger partial charge < -0.3 is 5.73 Å². The van der Waals surface area contributed by atoms with Gasteiger partial charge >= 0.3 is 0 Å². The van der Waals surface area contributed by atoms with Gasteiger partial charge in [0.15, 0.2) is 15.0 Å². The van der Waals surface area contributed by atoms with E-state index in [9.17, 15) is 8.42 Å². The van der Waals surface area contributed by atoms with Gasteiger partial charge in [-0.15, -0.1) is 11.3 Å². The summed E-state index contributed by atoms with van der Waals surface area (Å²) in [6.45, 7) is 4.15. The first-order valence-electron chi connectivity index (χ1n) is 5.57. The fraction of sp³-hybridized carbons (Fsp3) is 0.700. The van der Waals surface area contributed by atoms with Gasteiger partial charge in [-0.05, 0) is 5.92 Å². The predicted molar refractivity (Wildman–Crippen MR) is 69.6 cm³/mol. The Kier molecular flexibility index (Phi) is 3.70. The summed E-state index contributed by atoms with van der Waals surface area (Å²) in [6, 6.07) is 0. The van der Waals surface area contributed by atoms with Gasteiger partial charge in [0.2, 0.25) is 0 Å². The second-order valence-corrected chi connectivity index (χ2v) is 7.99. The molecule has 0 saturated carbocycles. The minimum absolute atomic E-state index is 0.188. The molecule has 0 radical (unpaired) electrons. The Morgan fingerprint density at radius 2 is 2.41 bits per heavy atom. The molecule has 0 aliphatic carbocycles. The number of hydrogen-bond acceptors (Lipinski definition) is 6. The molecule has 5 nitrogen and oxygen atoms in total.